The Labute approximate surface area is 90.9 Å². The van der Waals surface area contributed by atoms with Crippen LogP contribution >= 0.6 is 0 Å². The summed E-state index contributed by atoms with van der Waals surface area (Å²) in [5.41, 5.74) is 2.79. The lowest BCUT2D eigenvalue weighted by molar-refractivity contribution is 0.208. The smallest absolute Gasteiger partial charge is 0.106 e. The fourth-order valence-corrected chi connectivity index (χ4v) is 3.02. The molecule has 2 heterocycles. The minimum Gasteiger partial charge on any atom is -0.329 e. The van der Waals surface area contributed by atoms with Gasteiger partial charge in [-0.15, -0.1) is 0 Å². The Morgan fingerprint density at radius 1 is 1.40 bits per heavy atom. The lowest BCUT2D eigenvalue weighted by Crippen LogP contribution is -2.30. The number of nitrogens with one attached hydrogen (secondary N) is 1. The van der Waals surface area contributed by atoms with Crippen LogP contribution in [0.3, 0.4) is 0 Å². The van der Waals surface area contributed by atoms with Gasteiger partial charge in [-0.3, -0.25) is 0 Å². The molecule has 2 aliphatic rings. The molecule has 0 radical (unpaired) electrons. The summed E-state index contributed by atoms with van der Waals surface area (Å²) in [5, 5.41) is 3.39. The molecule has 1 aliphatic heterocycles. The third kappa shape index (κ3) is 1.41. The van der Waals surface area contributed by atoms with E-state index < -0.39 is 0 Å². The van der Waals surface area contributed by atoms with Crippen molar-refractivity contribution in [2.45, 2.75) is 45.7 Å². The summed E-state index contributed by atoms with van der Waals surface area (Å²) in [5.74, 6) is 2.13. The molecule has 1 saturated carbocycles. The highest BCUT2D eigenvalue weighted by molar-refractivity contribution is 5.21. The number of hydrogen-bond acceptors (Lipinski definition) is 2. The van der Waals surface area contributed by atoms with E-state index in [1.165, 1.54) is 30.1 Å². The number of rotatable bonds is 1. The number of imidazole rings is 1. The van der Waals surface area contributed by atoms with Crippen molar-refractivity contribution in [3.05, 3.63) is 17.2 Å². The third-order valence-corrected chi connectivity index (χ3v) is 3.81. The van der Waals surface area contributed by atoms with Crippen molar-refractivity contribution in [3.63, 3.8) is 0 Å². The van der Waals surface area contributed by atoms with Crippen molar-refractivity contribution in [2.75, 3.05) is 6.54 Å². The first-order valence-electron chi connectivity index (χ1n) is 6.03. The summed E-state index contributed by atoms with van der Waals surface area (Å²) in [6.45, 7) is 6.57. The van der Waals surface area contributed by atoms with Crippen LogP contribution in [0.4, 0.5) is 0 Å². The monoisotopic (exact) mass is 205 g/mol. The summed E-state index contributed by atoms with van der Waals surface area (Å²) in [6.07, 6.45) is 3.84. The van der Waals surface area contributed by atoms with Crippen LogP contribution in [0.5, 0.6) is 0 Å². The molecule has 0 amide bonds. The topological polar surface area (TPSA) is 29.9 Å². The number of aryl methyl sites for hydroxylation is 1. The maximum Gasteiger partial charge on any atom is 0.106 e. The SMILES string of the molecule is Cc1nc2c(n1C1CC(C)C1)CCNC2. The maximum absolute atomic E-state index is 4.68. The van der Waals surface area contributed by atoms with Crippen molar-refractivity contribution in [2.24, 2.45) is 5.92 Å². The normalized spacial score (nSPS) is 29.7. The van der Waals surface area contributed by atoms with E-state index in [1.807, 2.05) is 0 Å². The van der Waals surface area contributed by atoms with Crippen LogP contribution < -0.4 is 5.32 Å². The summed E-state index contributed by atoms with van der Waals surface area (Å²) >= 11 is 0. The molecule has 0 spiro atoms. The average molecular weight is 205 g/mol. The second kappa shape index (κ2) is 3.34. The van der Waals surface area contributed by atoms with Gasteiger partial charge in [0, 0.05) is 31.2 Å². The second-order valence-corrected chi connectivity index (χ2v) is 5.08. The van der Waals surface area contributed by atoms with E-state index >= 15 is 0 Å². The zero-order chi connectivity index (χ0) is 10.4. The molecular formula is C12H19N3. The predicted octanol–water partition coefficient (Wildman–Crippen LogP) is 1.81. The molecule has 3 heteroatoms. The van der Waals surface area contributed by atoms with Crippen LogP contribution in [0, 0.1) is 12.8 Å². The van der Waals surface area contributed by atoms with Gasteiger partial charge in [0.1, 0.15) is 5.82 Å². The Morgan fingerprint density at radius 2 is 2.20 bits per heavy atom. The van der Waals surface area contributed by atoms with Crippen molar-refractivity contribution in [3.8, 4) is 0 Å². The second-order valence-electron chi connectivity index (χ2n) is 5.08. The van der Waals surface area contributed by atoms with Crippen LogP contribution in [0.25, 0.3) is 0 Å². The van der Waals surface area contributed by atoms with Crippen molar-refractivity contribution < 1.29 is 0 Å². The lowest BCUT2D eigenvalue weighted by atomic mass is 9.81. The van der Waals surface area contributed by atoms with Gasteiger partial charge >= 0.3 is 0 Å². The van der Waals surface area contributed by atoms with Gasteiger partial charge in [-0.1, -0.05) is 6.92 Å². The Hall–Kier alpha value is -0.830. The fraction of sp³-hybridized carbons (Fsp3) is 0.750. The largest absolute Gasteiger partial charge is 0.329 e. The van der Waals surface area contributed by atoms with Gasteiger partial charge < -0.3 is 9.88 Å². The first-order chi connectivity index (χ1) is 7.25. The maximum atomic E-state index is 4.68. The van der Waals surface area contributed by atoms with E-state index in [2.05, 4.69) is 28.7 Å². The van der Waals surface area contributed by atoms with Crippen molar-refractivity contribution >= 4 is 0 Å². The van der Waals surface area contributed by atoms with Crippen molar-refractivity contribution in [1.82, 2.24) is 14.9 Å². The van der Waals surface area contributed by atoms with Crippen LogP contribution in [0.2, 0.25) is 0 Å². The van der Waals surface area contributed by atoms with E-state index in [0.29, 0.717) is 0 Å². The zero-order valence-corrected chi connectivity index (χ0v) is 9.58. The molecule has 0 saturated heterocycles. The molecule has 0 bridgehead atoms. The van der Waals surface area contributed by atoms with Crippen LogP contribution in [-0.4, -0.2) is 16.1 Å². The number of nitrogens with zero attached hydrogens (tertiary/aromatic N) is 2. The van der Waals surface area contributed by atoms with Gasteiger partial charge in [0.05, 0.1) is 5.69 Å². The van der Waals surface area contributed by atoms with Gasteiger partial charge in [-0.25, -0.2) is 4.98 Å². The van der Waals surface area contributed by atoms with Gasteiger partial charge in [0.15, 0.2) is 0 Å². The van der Waals surface area contributed by atoms with Gasteiger partial charge in [0.2, 0.25) is 0 Å². The Morgan fingerprint density at radius 3 is 2.93 bits per heavy atom. The van der Waals surface area contributed by atoms with Gasteiger partial charge in [-0.05, 0) is 25.7 Å². The van der Waals surface area contributed by atoms with Gasteiger partial charge in [-0.2, -0.15) is 0 Å². The number of hydrogen-bond donors (Lipinski definition) is 1. The summed E-state index contributed by atoms with van der Waals surface area (Å²) in [4.78, 5) is 4.68. The van der Waals surface area contributed by atoms with E-state index in [-0.39, 0.29) is 0 Å². The highest BCUT2D eigenvalue weighted by Crippen LogP contribution is 2.39. The summed E-state index contributed by atoms with van der Waals surface area (Å²) < 4.78 is 2.51. The number of fused-ring (bicyclic) bond motifs is 1. The molecule has 1 aromatic rings. The minimum atomic E-state index is 0.745. The Bertz CT molecular complexity index is 374. The molecule has 1 N–H and O–H groups in total. The summed E-state index contributed by atoms with van der Waals surface area (Å²) in [6, 6.07) is 0.745. The van der Waals surface area contributed by atoms with E-state index in [9.17, 15) is 0 Å². The molecule has 3 rings (SSSR count). The first kappa shape index (κ1) is 9.40. The highest BCUT2D eigenvalue weighted by atomic mass is 15.1. The molecule has 0 aromatic carbocycles. The number of aromatic nitrogens is 2. The molecule has 0 atom stereocenters. The Kier molecular flexibility index (Phi) is 2.09. The first-order valence-corrected chi connectivity index (χ1v) is 6.03. The van der Waals surface area contributed by atoms with Crippen LogP contribution in [-0.2, 0) is 13.0 Å². The molecule has 1 aliphatic carbocycles. The minimum absolute atomic E-state index is 0.745. The van der Waals surface area contributed by atoms with E-state index in [0.717, 1.165) is 31.5 Å². The molecule has 3 nitrogen and oxygen atoms in total. The molecule has 15 heavy (non-hydrogen) atoms. The molecular weight excluding hydrogens is 186 g/mol. The molecule has 1 aromatic heterocycles. The van der Waals surface area contributed by atoms with E-state index in [4.69, 9.17) is 0 Å². The third-order valence-electron chi connectivity index (χ3n) is 3.81. The quantitative estimate of drug-likeness (QED) is 0.757. The highest BCUT2D eigenvalue weighted by Gasteiger charge is 2.31. The predicted molar refractivity (Wildman–Crippen MR) is 59.8 cm³/mol. The molecule has 1 fully saturated rings. The Balaban J connectivity index is 1.95. The van der Waals surface area contributed by atoms with Gasteiger partial charge in [0.25, 0.3) is 0 Å². The zero-order valence-electron chi connectivity index (χ0n) is 9.58. The van der Waals surface area contributed by atoms with Crippen LogP contribution in [0.1, 0.15) is 43.0 Å². The van der Waals surface area contributed by atoms with Crippen molar-refractivity contribution in [1.29, 1.82) is 0 Å². The summed E-state index contributed by atoms with van der Waals surface area (Å²) in [7, 11) is 0. The van der Waals surface area contributed by atoms with E-state index in [1.54, 1.807) is 0 Å². The molecule has 82 valence electrons. The fourth-order valence-electron chi connectivity index (χ4n) is 3.02. The standard InChI is InChI=1S/C12H19N3/c1-8-5-10(6-8)15-9(2)14-11-7-13-4-3-12(11)15/h8,10,13H,3-7H2,1-2H3. The lowest BCUT2D eigenvalue weighted by Gasteiger charge is -2.36. The average Bonchev–Trinajstić information content (AvgIpc) is 2.49. The molecule has 0 unspecified atom stereocenters. The van der Waals surface area contributed by atoms with Crippen LogP contribution in [0.15, 0.2) is 0 Å².